The summed E-state index contributed by atoms with van der Waals surface area (Å²) in [7, 11) is 0. The monoisotopic (exact) mass is 311 g/mol. The van der Waals surface area contributed by atoms with Crippen molar-refractivity contribution in [1.29, 1.82) is 0 Å². The zero-order valence-electron chi connectivity index (χ0n) is 11.7. The normalized spacial score (nSPS) is 15.4. The van der Waals surface area contributed by atoms with Crippen LogP contribution in [-0.4, -0.2) is 41.6 Å². The van der Waals surface area contributed by atoms with E-state index in [9.17, 15) is 9.59 Å². The number of amides is 1. The van der Waals surface area contributed by atoms with Crippen molar-refractivity contribution in [2.45, 2.75) is 25.7 Å². The van der Waals surface area contributed by atoms with E-state index < -0.39 is 5.97 Å². The quantitative estimate of drug-likeness (QED) is 0.928. The Morgan fingerprint density at radius 2 is 1.86 bits per heavy atom. The number of rotatable bonds is 4. The maximum atomic E-state index is 12.1. The summed E-state index contributed by atoms with van der Waals surface area (Å²) in [5.41, 5.74) is -0.0311. The third-order valence-corrected chi connectivity index (χ3v) is 3.82. The Kier molecular flexibility index (Phi) is 5.44. The lowest BCUT2D eigenvalue weighted by molar-refractivity contribution is -0.133. The molecule has 1 fully saturated rings. The van der Waals surface area contributed by atoms with Crippen molar-refractivity contribution in [2.75, 3.05) is 19.7 Å². The number of benzene rings is 1. The Balaban J connectivity index is 1.94. The highest BCUT2D eigenvalue weighted by Crippen LogP contribution is 2.22. The zero-order chi connectivity index (χ0) is 15.2. The van der Waals surface area contributed by atoms with Gasteiger partial charge in [0.15, 0.2) is 6.61 Å². The van der Waals surface area contributed by atoms with E-state index in [1.54, 1.807) is 11.0 Å². The van der Waals surface area contributed by atoms with Gasteiger partial charge in [-0.2, -0.15) is 0 Å². The van der Waals surface area contributed by atoms with Gasteiger partial charge in [-0.15, -0.1) is 0 Å². The van der Waals surface area contributed by atoms with E-state index in [-0.39, 0.29) is 23.1 Å². The van der Waals surface area contributed by atoms with Crippen LogP contribution >= 0.6 is 11.6 Å². The molecular formula is C15H18ClNO4. The van der Waals surface area contributed by atoms with E-state index in [1.165, 1.54) is 12.1 Å². The highest BCUT2D eigenvalue weighted by molar-refractivity contribution is 6.33. The van der Waals surface area contributed by atoms with Gasteiger partial charge in [0, 0.05) is 13.1 Å². The highest BCUT2D eigenvalue weighted by atomic mass is 35.5. The lowest BCUT2D eigenvalue weighted by Crippen LogP contribution is -2.35. The molecule has 0 spiro atoms. The summed E-state index contributed by atoms with van der Waals surface area (Å²) in [6.45, 7) is 1.45. The molecule has 1 N–H and O–H groups in total. The number of nitrogens with zero attached hydrogens (tertiary/aromatic N) is 1. The summed E-state index contributed by atoms with van der Waals surface area (Å²) in [5, 5.41) is 9.13. The number of carbonyl (C=O) groups is 2. The second-order valence-electron chi connectivity index (χ2n) is 5.03. The maximum absolute atomic E-state index is 12.1. The van der Waals surface area contributed by atoms with Crippen LogP contribution in [0.2, 0.25) is 5.02 Å². The predicted molar refractivity (Wildman–Crippen MR) is 79.0 cm³/mol. The number of likely N-dealkylation sites (tertiary alicyclic amines) is 1. The fourth-order valence-electron chi connectivity index (χ4n) is 2.31. The summed E-state index contributed by atoms with van der Waals surface area (Å²) < 4.78 is 5.39. The van der Waals surface area contributed by atoms with Gasteiger partial charge in [0.05, 0.1) is 10.6 Å². The number of halogens is 1. The number of ether oxygens (including phenoxy) is 1. The first-order valence-corrected chi connectivity index (χ1v) is 7.39. The van der Waals surface area contributed by atoms with Crippen LogP contribution in [0.25, 0.3) is 0 Å². The number of carboxylic acid groups (broad SMARTS) is 1. The molecule has 1 amide bonds. The maximum Gasteiger partial charge on any atom is 0.337 e. The molecule has 1 aromatic rings. The molecule has 0 atom stereocenters. The third kappa shape index (κ3) is 4.36. The van der Waals surface area contributed by atoms with Crippen molar-refractivity contribution >= 4 is 23.5 Å². The molecule has 2 rings (SSSR count). The van der Waals surface area contributed by atoms with Gasteiger partial charge in [0.1, 0.15) is 5.75 Å². The summed E-state index contributed by atoms with van der Waals surface area (Å²) >= 11 is 5.78. The van der Waals surface area contributed by atoms with Gasteiger partial charge >= 0.3 is 5.97 Å². The van der Waals surface area contributed by atoms with Crippen LogP contribution in [0.1, 0.15) is 36.0 Å². The molecule has 0 saturated carbocycles. The van der Waals surface area contributed by atoms with Crippen LogP contribution in [0, 0.1) is 0 Å². The fourth-order valence-corrected chi connectivity index (χ4v) is 2.51. The number of aromatic carboxylic acids is 1. The van der Waals surface area contributed by atoms with Gasteiger partial charge in [-0.1, -0.05) is 24.4 Å². The van der Waals surface area contributed by atoms with Crippen LogP contribution in [-0.2, 0) is 4.79 Å². The Hall–Kier alpha value is -1.75. The van der Waals surface area contributed by atoms with Crippen molar-refractivity contribution in [3.05, 3.63) is 28.8 Å². The van der Waals surface area contributed by atoms with E-state index in [0.717, 1.165) is 38.8 Å². The van der Waals surface area contributed by atoms with E-state index in [1.807, 2.05) is 0 Å². The predicted octanol–water partition coefficient (Wildman–Crippen LogP) is 2.82. The summed E-state index contributed by atoms with van der Waals surface area (Å²) in [5.74, 6) is -0.854. The Morgan fingerprint density at radius 1 is 1.19 bits per heavy atom. The molecular weight excluding hydrogens is 294 g/mol. The largest absolute Gasteiger partial charge is 0.484 e. The van der Waals surface area contributed by atoms with Crippen molar-refractivity contribution in [3.8, 4) is 5.75 Å². The van der Waals surface area contributed by atoms with Gasteiger partial charge in [-0.25, -0.2) is 4.79 Å². The fraction of sp³-hybridized carbons (Fsp3) is 0.467. The second kappa shape index (κ2) is 7.31. The number of carbonyl (C=O) groups excluding carboxylic acids is 1. The molecule has 1 aliphatic rings. The summed E-state index contributed by atoms with van der Waals surface area (Å²) in [6, 6.07) is 4.35. The molecule has 114 valence electrons. The molecule has 21 heavy (non-hydrogen) atoms. The topological polar surface area (TPSA) is 66.8 Å². The van der Waals surface area contributed by atoms with E-state index in [4.69, 9.17) is 21.4 Å². The molecule has 0 aliphatic carbocycles. The van der Waals surface area contributed by atoms with Gasteiger partial charge in [-0.3, -0.25) is 4.79 Å². The first-order chi connectivity index (χ1) is 10.1. The molecule has 0 aromatic heterocycles. The number of hydrogen-bond acceptors (Lipinski definition) is 3. The van der Waals surface area contributed by atoms with Gasteiger partial charge in [0.2, 0.25) is 0 Å². The third-order valence-electron chi connectivity index (χ3n) is 3.49. The average Bonchev–Trinajstić information content (AvgIpc) is 2.75. The van der Waals surface area contributed by atoms with Crippen molar-refractivity contribution in [2.24, 2.45) is 0 Å². The minimum absolute atomic E-state index is 0.0311. The molecule has 0 unspecified atom stereocenters. The Morgan fingerprint density at radius 3 is 2.48 bits per heavy atom. The standard InChI is InChI=1S/C15H18ClNO4/c16-13-6-5-11(9-12(13)15(19)20)21-10-14(18)17-7-3-1-2-4-8-17/h5-6,9H,1-4,7-8,10H2,(H,19,20). The average molecular weight is 312 g/mol. The molecule has 1 saturated heterocycles. The second-order valence-corrected chi connectivity index (χ2v) is 5.44. The zero-order valence-corrected chi connectivity index (χ0v) is 12.4. The van der Waals surface area contributed by atoms with Crippen molar-refractivity contribution < 1.29 is 19.4 Å². The van der Waals surface area contributed by atoms with Crippen LogP contribution in [0.15, 0.2) is 18.2 Å². The van der Waals surface area contributed by atoms with Crippen LogP contribution < -0.4 is 4.74 Å². The Bertz CT molecular complexity index is 524. The summed E-state index contributed by atoms with van der Waals surface area (Å²) in [4.78, 5) is 24.9. The van der Waals surface area contributed by atoms with Crippen molar-refractivity contribution in [3.63, 3.8) is 0 Å². The SMILES string of the molecule is O=C(O)c1cc(OCC(=O)N2CCCCCC2)ccc1Cl. The molecule has 1 aromatic carbocycles. The lowest BCUT2D eigenvalue weighted by atomic mass is 10.2. The molecule has 1 aliphatic heterocycles. The van der Waals surface area contributed by atoms with Gasteiger partial charge < -0.3 is 14.7 Å². The lowest BCUT2D eigenvalue weighted by Gasteiger charge is -2.20. The van der Waals surface area contributed by atoms with E-state index in [2.05, 4.69) is 0 Å². The minimum atomic E-state index is -1.12. The molecule has 0 radical (unpaired) electrons. The van der Waals surface area contributed by atoms with E-state index in [0.29, 0.717) is 5.75 Å². The first kappa shape index (κ1) is 15.6. The van der Waals surface area contributed by atoms with Gasteiger partial charge in [-0.05, 0) is 31.0 Å². The van der Waals surface area contributed by atoms with Crippen molar-refractivity contribution in [1.82, 2.24) is 4.90 Å². The summed E-state index contributed by atoms with van der Waals surface area (Å²) in [6.07, 6.45) is 4.36. The van der Waals surface area contributed by atoms with Crippen LogP contribution in [0.4, 0.5) is 0 Å². The molecule has 1 heterocycles. The van der Waals surface area contributed by atoms with Gasteiger partial charge in [0.25, 0.3) is 5.91 Å². The van der Waals surface area contributed by atoms with Crippen LogP contribution in [0.3, 0.4) is 0 Å². The van der Waals surface area contributed by atoms with E-state index >= 15 is 0 Å². The number of hydrogen-bond donors (Lipinski definition) is 1. The molecule has 5 nitrogen and oxygen atoms in total. The molecule has 0 bridgehead atoms. The van der Waals surface area contributed by atoms with Crippen LogP contribution in [0.5, 0.6) is 5.75 Å². The first-order valence-electron chi connectivity index (χ1n) is 7.01. The Labute approximate surface area is 128 Å². The minimum Gasteiger partial charge on any atom is -0.484 e. The molecule has 6 heteroatoms. The highest BCUT2D eigenvalue weighted by Gasteiger charge is 2.16. The number of carboxylic acids is 1. The smallest absolute Gasteiger partial charge is 0.337 e.